The summed E-state index contributed by atoms with van der Waals surface area (Å²) >= 11 is 0. The molecule has 0 saturated carbocycles. The molecule has 1 aromatic heterocycles. The first-order valence-corrected chi connectivity index (χ1v) is 4.92. The molecule has 0 saturated heterocycles. The minimum absolute atomic E-state index is 0.595. The lowest BCUT2D eigenvalue weighted by Crippen LogP contribution is -1.97. The normalized spacial score (nSPS) is 11.1. The Morgan fingerprint density at radius 2 is 1.93 bits per heavy atom. The zero-order chi connectivity index (χ0) is 10.3. The van der Waals surface area contributed by atoms with Gasteiger partial charge in [-0.1, -0.05) is 11.6 Å². The molecule has 2 aromatic rings. The Labute approximate surface area is 84.1 Å². The molecule has 3 N–H and O–H groups in total. The summed E-state index contributed by atoms with van der Waals surface area (Å²) in [4.78, 5) is 3.39. The van der Waals surface area contributed by atoms with Crippen molar-refractivity contribution in [3.8, 4) is 0 Å². The fourth-order valence-corrected chi connectivity index (χ4v) is 1.95. The van der Waals surface area contributed by atoms with Crippen molar-refractivity contribution in [2.24, 2.45) is 5.73 Å². The van der Waals surface area contributed by atoms with Crippen LogP contribution in [-0.2, 0) is 6.54 Å². The first-order chi connectivity index (χ1) is 6.63. The molecule has 0 aliphatic carbocycles. The fraction of sp³-hybridized carbons (Fsp3) is 0.333. The van der Waals surface area contributed by atoms with Crippen LogP contribution in [0.25, 0.3) is 10.9 Å². The third kappa shape index (κ3) is 1.23. The molecule has 2 heteroatoms. The summed E-state index contributed by atoms with van der Waals surface area (Å²) in [5, 5.41) is 1.31. The van der Waals surface area contributed by atoms with Crippen LogP contribution in [0.5, 0.6) is 0 Å². The number of aromatic nitrogens is 1. The van der Waals surface area contributed by atoms with Gasteiger partial charge < -0.3 is 10.7 Å². The lowest BCUT2D eigenvalue weighted by Gasteiger charge is -2.02. The second kappa shape index (κ2) is 3.14. The second-order valence-corrected chi connectivity index (χ2v) is 3.93. The highest BCUT2D eigenvalue weighted by Gasteiger charge is 2.07. The van der Waals surface area contributed by atoms with E-state index in [1.54, 1.807) is 0 Å². The lowest BCUT2D eigenvalue weighted by atomic mass is 10.1. The molecule has 0 amide bonds. The molecule has 0 radical (unpaired) electrons. The van der Waals surface area contributed by atoms with Crippen LogP contribution in [-0.4, -0.2) is 4.98 Å². The molecule has 0 aliphatic rings. The van der Waals surface area contributed by atoms with Crippen LogP contribution in [0, 0.1) is 20.8 Å². The second-order valence-electron chi connectivity index (χ2n) is 3.93. The Bertz CT molecular complexity index is 481. The van der Waals surface area contributed by atoms with E-state index in [0.717, 1.165) is 0 Å². The molecule has 0 bridgehead atoms. The number of fused-ring (bicyclic) bond motifs is 1. The van der Waals surface area contributed by atoms with Crippen LogP contribution in [0.15, 0.2) is 12.1 Å². The van der Waals surface area contributed by atoms with Gasteiger partial charge in [0, 0.05) is 17.6 Å². The highest BCUT2D eigenvalue weighted by Crippen LogP contribution is 2.25. The fourth-order valence-electron chi connectivity index (χ4n) is 1.95. The van der Waals surface area contributed by atoms with Crippen molar-refractivity contribution in [2.45, 2.75) is 27.3 Å². The standard InChI is InChI=1S/C12H16N2/c1-7-4-10(6-13)12-11(5-7)8(2)9(3)14-12/h4-5,14H,6,13H2,1-3H3. The number of aryl methyl sites for hydroxylation is 3. The summed E-state index contributed by atoms with van der Waals surface area (Å²) < 4.78 is 0. The van der Waals surface area contributed by atoms with E-state index in [-0.39, 0.29) is 0 Å². The van der Waals surface area contributed by atoms with Crippen molar-refractivity contribution in [2.75, 3.05) is 0 Å². The highest BCUT2D eigenvalue weighted by molar-refractivity contribution is 5.87. The predicted octanol–water partition coefficient (Wildman–Crippen LogP) is 2.55. The summed E-state index contributed by atoms with van der Waals surface area (Å²) in [7, 11) is 0. The average molecular weight is 188 g/mol. The molecular formula is C12H16N2. The van der Waals surface area contributed by atoms with E-state index in [1.165, 1.54) is 33.3 Å². The molecular weight excluding hydrogens is 172 g/mol. The van der Waals surface area contributed by atoms with Crippen molar-refractivity contribution < 1.29 is 0 Å². The topological polar surface area (TPSA) is 41.8 Å². The lowest BCUT2D eigenvalue weighted by molar-refractivity contribution is 1.07. The first kappa shape index (κ1) is 9.28. The molecule has 2 nitrogen and oxygen atoms in total. The molecule has 74 valence electrons. The molecule has 1 aromatic carbocycles. The number of rotatable bonds is 1. The summed E-state index contributed by atoms with van der Waals surface area (Å²) in [6.07, 6.45) is 0. The third-order valence-electron chi connectivity index (χ3n) is 2.86. The number of hydrogen-bond acceptors (Lipinski definition) is 1. The molecule has 0 atom stereocenters. The van der Waals surface area contributed by atoms with Crippen LogP contribution >= 0.6 is 0 Å². The Kier molecular flexibility index (Phi) is 2.08. The Balaban J connectivity index is 2.87. The van der Waals surface area contributed by atoms with Crippen molar-refractivity contribution >= 4 is 10.9 Å². The summed E-state index contributed by atoms with van der Waals surface area (Å²) in [5.41, 5.74) is 12.0. The van der Waals surface area contributed by atoms with Gasteiger partial charge in [-0.3, -0.25) is 0 Å². The largest absolute Gasteiger partial charge is 0.358 e. The number of nitrogens with two attached hydrogens (primary N) is 1. The Morgan fingerprint density at radius 1 is 1.21 bits per heavy atom. The van der Waals surface area contributed by atoms with E-state index < -0.39 is 0 Å². The van der Waals surface area contributed by atoms with E-state index in [0.29, 0.717) is 6.54 Å². The summed E-state index contributed by atoms with van der Waals surface area (Å²) in [6, 6.07) is 4.37. The molecule has 0 spiro atoms. The smallest absolute Gasteiger partial charge is 0.0504 e. The minimum atomic E-state index is 0.595. The number of hydrogen-bond donors (Lipinski definition) is 2. The number of H-pyrrole nitrogens is 1. The van der Waals surface area contributed by atoms with E-state index in [1.807, 2.05) is 0 Å². The van der Waals surface area contributed by atoms with Gasteiger partial charge in [0.05, 0.1) is 5.52 Å². The van der Waals surface area contributed by atoms with Crippen LogP contribution < -0.4 is 5.73 Å². The third-order valence-corrected chi connectivity index (χ3v) is 2.86. The van der Waals surface area contributed by atoms with Gasteiger partial charge in [0.1, 0.15) is 0 Å². The quantitative estimate of drug-likeness (QED) is 0.709. The van der Waals surface area contributed by atoms with Gasteiger partial charge in [0.2, 0.25) is 0 Å². The Morgan fingerprint density at radius 3 is 2.57 bits per heavy atom. The number of nitrogens with one attached hydrogen (secondary N) is 1. The minimum Gasteiger partial charge on any atom is -0.358 e. The van der Waals surface area contributed by atoms with Crippen LogP contribution in [0.2, 0.25) is 0 Å². The van der Waals surface area contributed by atoms with Crippen LogP contribution in [0.3, 0.4) is 0 Å². The molecule has 0 aliphatic heterocycles. The maximum absolute atomic E-state index is 5.72. The van der Waals surface area contributed by atoms with E-state index >= 15 is 0 Å². The molecule has 14 heavy (non-hydrogen) atoms. The van der Waals surface area contributed by atoms with Crippen molar-refractivity contribution in [1.82, 2.24) is 4.98 Å². The predicted molar refractivity (Wildman–Crippen MR) is 60.4 cm³/mol. The zero-order valence-electron chi connectivity index (χ0n) is 8.94. The SMILES string of the molecule is Cc1cc(CN)c2[nH]c(C)c(C)c2c1. The molecule has 2 rings (SSSR count). The summed E-state index contributed by atoms with van der Waals surface area (Å²) in [5.74, 6) is 0. The van der Waals surface area contributed by atoms with Gasteiger partial charge in [-0.15, -0.1) is 0 Å². The van der Waals surface area contributed by atoms with Gasteiger partial charge in [0.15, 0.2) is 0 Å². The van der Waals surface area contributed by atoms with Crippen LogP contribution in [0.4, 0.5) is 0 Å². The summed E-state index contributed by atoms with van der Waals surface area (Å²) in [6.45, 7) is 6.96. The van der Waals surface area contributed by atoms with Crippen molar-refractivity contribution in [1.29, 1.82) is 0 Å². The van der Waals surface area contributed by atoms with E-state index in [2.05, 4.69) is 37.9 Å². The van der Waals surface area contributed by atoms with Gasteiger partial charge in [0.25, 0.3) is 0 Å². The highest BCUT2D eigenvalue weighted by atomic mass is 14.7. The maximum atomic E-state index is 5.72. The Hall–Kier alpha value is -1.28. The van der Waals surface area contributed by atoms with Gasteiger partial charge in [-0.05, 0) is 38.0 Å². The molecule has 0 fully saturated rings. The van der Waals surface area contributed by atoms with Crippen molar-refractivity contribution in [3.63, 3.8) is 0 Å². The zero-order valence-corrected chi connectivity index (χ0v) is 8.94. The van der Waals surface area contributed by atoms with E-state index in [4.69, 9.17) is 5.73 Å². The number of aromatic amines is 1. The number of benzene rings is 1. The van der Waals surface area contributed by atoms with Crippen molar-refractivity contribution in [3.05, 3.63) is 34.5 Å². The molecule has 1 heterocycles. The van der Waals surface area contributed by atoms with E-state index in [9.17, 15) is 0 Å². The van der Waals surface area contributed by atoms with Crippen LogP contribution in [0.1, 0.15) is 22.4 Å². The van der Waals surface area contributed by atoms with Gasteiger partial charge in [-0.25, -0.2) is 0 Å². The van der Waals surface area contributed by atoms with Gasteiger partial charge >= 0.3 is 0 Å². The first-order valence-electron chi connectivity index (χ1n) is 4.92. The molecule has 0 unspecified atom stereocenters. The van der Waals surface area contributed by atoms with Gasteiger partial charge in [-0.2, -0.15) is 0 Å². The monoisotopic (exact) mass is 188 g/mol. The maximum Gasteiger partial charge on any atom is 0.0504 e. The average Bonchev–Trinajstić information content (AvgIpc) is 2.43.